The Balaban J connectivity index is 1.49. The molecule has 1 fully saturated rings. The molecule has 1 saturated heterocycles. The third kappa shape index (κ3) is 17.0. The smallest absolute Gasteiger partial charge is 0.407 e. The lowest BCUT2D eigenvalue weighted by atomic mass is 10.1. The number of nitrogens with zero attached hydrogens (tertiary/aromatic N) is 2. The first-order chi connectivity index (χ1) is 20.9. The van der Waals surface area contributed by atoms with Crippen molar-refractivity contribution in [3.8, 4) is 0 Å². The number of hydrogen-bond donors (Lipinski definition) is 1. The molecule has 1 aromatic carbocycles. The number of carbonyl (C=O) groups is 4. The van der Waals surface area contributed by atoms with Gasteiger partial charge in [-0.3, -0.25) is 19.3 Å². The maximum Gasteiger partial charge on any atom is 0.407 e. The Kier molecular flexibility index (Phi) is 18.9. The predicted molar refractivity (Wildman–Crippen MR) is 159 cm³/mol. The number of benzene rings is 1. The zero-order valence-electron chi connectivity index (χ0n) is 25.8. The van der Waals surface area contributed by atoms with Gasteiger partial charge in [0.05, 0.1) is 58.6 Å². The molecule has 1 N–H and O–H groups in total. The summed E-state index contributed by atoms with van der Waals surface area (Å²) in [4.78, 5) is 52.0. The second-order valence-electron chi connectivity index (χ2n) is 10.3. The molecule has 0 radical (unpaired) electrons. The molecule has 0 aliphatic carbocycles. The number of hydrogen-bond acceptors (Lipinski definition) is 10. The van der Waals surface area contributed by atoms with E-state index < -0.39 is 6.09 Å². The summed E-state index contributed by atoms with van der Waals surface area (Å²) >= 11 is 0. The number of ether oxygens (including phenoxy) is 5. The van der Waals surface area contributed by atoms with Gasteiger partial charge in [-0.25, -0.2) is 4.79 Å². The maximum absolute atomic E-state index is 12.8. The van der Waals surface area contributed by atoms with Crippen molar-refractivity contribution in [2.45, 2.75) is 58.6 Å². The van der Waals surface area contributed by atoms with Crippen LogP contribution in [-0.2, 0) is 44.7 Å². The van der Waals surface area contributed by atoms with Crippen LogP contribution in [0.25, 0.3) is 0 Å². The van der Waals surface area contributed by atoms with E-state index in [1.807, 2.05) is 35.2 Å². The standard InChI is InChI=1S/C31H49N3O9/c1-3-4-6-11-29(36)23-33-14-15-34(22-28(33)25-42-26(2)35)30(37)12-16-39-18-20-41-21-19-40-17-13-32-31(38)43-24-27-9-7-5-8-10-27/h5,7-10,28H,3-4,6,11-25H2,1-2H3,(H,32,38). The van der Waals surface area contributed by atoms with Crippen LogP contribution in [0.1, 0.15) is 51.5 Å². The van der Waals surface area contributed by atoms with Crippen LogP contribution < -0.4 is 5.32 Å². The summed E-state index contributed by atoms with van der Waals surface area (Å²) in [5.74, 6) is -0.237. The first kappa shape index (κ1) is 36.1. The van der Waals surface area contributed by atoms with Gasteiger partial charge < -0.3 is 33.9 Å². The summed E-state index contributed by atoms with van der Waals surface area (Å²) in [5.41, 5.74) is 0.921. The number of alkyl carbamates (subject to hydrolysis) is 1. The van der Waals surface area contributed by atoms with E-state index in [4.69, 9.17) is 23.7 Å². The number of nitrogens with one attached hydrogen (secondary N) is 1. The molecule has 1 aliphatic heterocycles. The van der Waals surface area contributed by atoms with Gasteiger partial charge in [0.25, 0.3) is 0 Å². The highest BCUT2D eigenvalue weighted by Gasteiger charge is 2.31. The van der Waals surface area contributed by atoms with Crippen LogP contribution in [0.15, 0.2) is 30.3 Å². The highest BCUT2D eigenvalue weighted by atomic mass is 16.6. The van der Waals surface area contributed by atoms with E-state index in [-0.39, 0.29) is 49.9 Å². The largest absolute Gasteiger partial charge is 0.464 e. The van der Waals surface area contributed by atoms with Gasteiger partial charge in [0.1, 0.15) is 19.0 Å². The molecule has 0 spiro atoms. The number of Topliss-reactive ketones (excluding diaryl/α,β-unsaturated/α-hetero) is 1. The number of carbonyl (C=O) groups excluding carboxylic acids is 4. The lowest BCUT2D eigenvalue weighted by Gasteiger charge is -2.40. The lowest BCUT2D eigenvalue weighted by Crippen LogP contribution is -2.57. The first-order valence-electron chi connectivity index (χ1n) is 15.2. The van der Waals surface area contributed by atoms with Crippen molar-refractivity contribution < 1.29 is 42.9 Å². The summed E-state index contributed by atoms with van der Waals surface area (Å²) in [5, 5.41) is 2.63. The van der Waals surface area contributed by atoms with Gasteiger partial charge in [0.2, 0.25) is 5.91 Å². The Morgan fingerprint density at radius 3 is 2.26 bits per heavy atom. The van der Waals surface area contributed by atoms with Gasteiger partial charge in [-0.2, -0.15) is 0 Å². The SMILES string of the molecule is CCCCCC(=O)CN1CCN(C(=O)CCOCCOCCOCCNC(=O)OCc2ccccc2)CC1COC(C)=O. The first-order valence-corrected chi connectivity index (χ1v) is 15.2. The zero-order valence-corrected chi connectivity index (χ0v) is 25.8. The number of amides is 2. The van der Waals surface area contributed by atoms with Gasteiger partial charge in [0.15, 0.2) is 0 Å². The molecule has 43 heavy (non-hydrogen) atoms. The summed E-state index contributed by atoms with van der Waals surface area (Å²) < 4.78 is 26.8. The third-order valence-electron chi connectivity index (χ3n) is 6.81. The summed E-state index contributed by atoms with van der Waals surface area (Å²) in [6.45, 7) is 8.05. The fraction of sp³-hybridized carbons (Fsp3) is 0.677. The van der Waals surface area contributed by atoms with E-state index in [2.05, 4.69) is 12.2 Å². The fourth-order valence-electron chi connectivity index (χ4n) is 4.44. The molecule has 0 aromatic heterocycles. The minimum Gasteiger partial charge on any atom is -0.464 e. The minimum atomic E-state index is -0.493. The van der Waals surface area contributed by atoms with Crippen molar-refractivity contribution in [2.75, 3.05) is 79.0 Å². The molecule has 1 aromatic rings. The van der Waals surface area contributed by atoms with Crippen LogP contribution >= 0.6 is 0 Å². The van der Waals surface area contributed by atoms with E-state index in [9.17, 15) is 19.2 Å². The molecule has 242 valence electrons. The molecule has 2 amide bonds. The molecule has 12 heteroatoms. The van der Waals surface area contributed by atoms with E-state index in [0.717, 1.165) is 24.8 Å². The number of ketones is 1. The summed E-state index contributed by atoms with van der Waals surface area (Å²) in [6.07, 6.45) is 3.27. The van der Waals surface area contributed by atoms with Crippen molar-refractivity contribution in [1.29, 1.82) is 0 Å². The van der Waals surface area contributed by atoms with Crippen LogP contribution in [0.5, 0.6) is 0 Å². The normalized spacial score (nSPS) is 15.2. The lowest BCUT2D eigenvalue weighted by molar-refractivity contribution is -0.145. The van der Waals surface area contributed by atoms with Gasteiger partial charge >= 0.3 is 12.1 Å². The highest BCUT2D eigenvalue weighted by molar-refractivity contribution is 5.80. The molecule has 1 heterocycles. The molecular weight excluding hydrogens is 558 g/mol. The van der Waals surface area contributed by atoms with Crippen molar-refractivity contribution in [2.24, 2.45) is 0 Å². The molecule has 0 bridgehead atoms. The Labute approximate surface area is 255 Å². The van der Waals surface area contributed by atoms with Crippen LogP contribution in [0.2, 0.25) is 0 Å². The van der Waals surface area contributed by atoms with Crippen LogP contribution in [-0.4, -0.2) is 119 Å². The Morgan fingerprint density at radius 2 is 1.56 bits per heavy atom. The zero-order chi connectivity index (χ0) is 31.1. The van der Waals surface area contributed by atoms with Crippen LogP contribution in [0.4, 0.5) is 4.79 Å². The summed E-state index contributed by atoms with van der Waals surface area (Å²) in [6, 6.07) is 9.24. The van der Waals surface area contributed by atoms with Gasteiger partial charge in [-0.1, -0.05) is 50.1 Å². The summed E-state index contributed by atoms with van der Waals surface area (Å²) in [7, 11) is 0. The molecule has 12 nitrogen and oxygen atoms in total. The second-order valence-corrected chi connectivity index (χ2v) is 10.3. The highest BCUT2D eigenvalue weighted by Crippen LogP contribution is 2.13. The van der Waals surface area contributed by atoms with E-state index in [1.54, 1.807) is 4.90 Å². The second kappa shape index (κ2) is 22.5. The Bertz CT molecular complexity index is 948. The molecule has 0 saturated carbocycles. The quantitative estimate of drug-likeness (QED) is 0.155. The van der Waals surface area contributed by atoms with Gasteiger partial charge in [0, 0.05) is 39.5 Å². The predicted octanol–water partition coefficient (Wildman–Crippen LogP) is 2.58. The van der Waals surface area contributed by atoms with E-state index in [0.29, 0.717) is 72.2 Å². The molecular formula is C31H49N3O9. The van der Waals surface area contributed by atoms with Crippen molar-refractivity contribution in [3.05, 3.63) is 35.9 Å². The molecule has 1 unspecified atom stereocenters. The topological polar surface area (TPSA) is 133 Å². The van der Waals surface area contributed by atoms with E-state index >= 15 is 0 Å². The minimum absolute atomic E-state index is 0.0337. The van der Waals surface area contributed by atoms with E-state index in [1.165, 1.54) is 6.92 Å². The average molecular weight is 608 g/mol. The number of rotatable bonds is 22. The van der Waals surface area contributed by atoms with Crippen molar-refractivity contribution in [1.82, 2.24) is 15.1 Å². The number of piperazine rings is 1. The molecule has 1 aliphatic rings. The Hall–Kier alpha value is -3.06. The number of unbranched alkanes of at least 4 members (excludes halogenated alkanes) is 2. The monoisotopic (exact) mass is 607 g/mol. The number of esters is 1. The van der Waals surface area contributed by atoms with Gasteiger partial charge in [-0.05, 0) is 12.0 Å². The maximum atomic E-state index is 12.8. The fourth-order valence-corrected chi connectivity index (χ4v) is 4.44. The van der Waals surface area contributed by atoms with Crippen LogP contribution in [0.3, 0.4) is 0 Å². The molecule has 2 rings (SSSR count). The molecule has 1 atom stereocenters. The van der Waals surface area contributed by atoms with Gasteiger partial charge in [-0.15, -0.1) is 0 Å². The van der Waals surface area contributed by atoms with Crippen molar-refractivity contribution >= 4 is 23.8 Å². The van der Waals surface area contributed by atoms with Crippen LogP contribution in [0, 0.1) is 0 Å². The average Bonchev–Trinajstić information content (AvgIpc) is 3.00. The third-order valence-corrected chi connectivity index (χ3v) is 6.81. The Morgan fingerprint density at radius 1 is 0.860 bits per heavy atom. The van der Waals surface area contributed by atoms with Crippen molar-refractivity contribution in [3.63, 3.8) is 0 Å².